The fraction of sp³-hybridized carbons (Fsp3) is 0.435. The molecule has 0 bridgehead atoms. The molecule has 28 heavy (non-hydrogen) atoms. The molecule has 0 aromatic heterocycles. The number of amides is 1. The number of methoxy groups -OCH3 is 2. The maximum atomic E-state index is 12.0. The number of carbonyl (C=O) groups is 1. The summed E-state index contributed by atoms with van der Waals surface area (Å²) in [5.74, 6) is 2.32. The number of carbonyl (C=O) groups excluding carboxylic acids is 1. The fourth-order valence-corrected chi connectivity index (χ4v) is 2.96. The zero-order valence-corrected chi connectivity index (χ0v) is 17.3. The SMILES string of the molecule is CCc1c(OC)cc(OCCCCC(=O)NCc2ccc(C)cc2)cc1OC. The van der Waals surface area contributed by atoms with Crippen LogP contribution in [-0.2, 0) is 17.8 Å². The van der Waals surface area contributed by atoms with Crippen molar-refractivity contribution >= 4 is 5.91 Å². The Hall–Kier alpha value is -2.69. The van der Waals surface area contributed by atoms with Crippen LogP contribution in [0.4, 0.5) is 0 Å². The smallest absolute Gasteiger partial charge is 0.220 e. The van der Waals surface area contributed by atoms with E-state index in [9.17, 15) is 4.79 Å². The summed E-state index contributed by atoms with van der Waals surface area (Å²) in [5, 5.41) is 2.96. The van der Waals surface area contributed by atoms with Gasteiger partial charge in [-0.2, -0.15) is 0 Å². The van der Waals surface area contributed by atoms with Crippen LogP contribution in [0.3, 0.4) is 0 Å². The van der Waals surface area contributed by atoms with E-state index in [0.29, 0.717) is 19.6 Å². The van der Waals surface area contributed by atoms with Crippen molar-refractivity contribution in [3.05, 3.63) is 53.1 Å². The summed E-state index contributed by atoms with van der Waals surface area (Å²) in [6.07, 6.45) is 2.90. The van der Waals surface area contributed by atoms with Crippen LogP contribution in [0.25, 0.3) is 0 Å². The lowest BCUT2D eigenvalue weighted by atomic mass is 10.1. The van der Waals surface area contributed by atoms with E-state index < -0.39 is 0 Å². The van der Waals surface area contributed by atoms with Crippen LogP contribution in [-0.4, -0.2) is 26.7 Å². The van der Waals surface area contributed by atoms with E-state index in [2.05, 4.69) is 31.3 Å². The van der Waals surface area contributed by atoms with Gasteiger partial charge >= 0.3 is 0 Å². The van der Waals surface area contributed by atoms with Crippen molar-refractivity contribution in [3.63, 3.8) is 0 Å². The van der Waals surface area contributed by atoms with Gasteiger partial charge in [-0.25, -0.2) is 0 Å². The predicted octanol–water partition coefficient (Wildman–Crippen LogP) is 4.44. The lowest BCUT2D eigenvalue weighted by Gasteiger charge is -2.15. The number of hydrogen-bond acceptors (Lipinski definition) is 4. The first-order chi connectivity index (χ1) is 13.6. The molecule has 152 valence electrons. The minimum absolute atomic E-state index is 0.0659. The molecular formula is C23H31NO4. The van der Waals surface area contributed by atoms with Crippen molar-refractivity contribution in [2.75, 3.05) is 20.8 Å². The Morgan fingerprint density at radius 1 is 1.00 bits per heavy atom. The zero-order chi connectivity index (χ0) is 20.4. The van der Waals surface area contributed by atoms with Gasteiger partial charge in [0, 0.05) is 30.7 Å². The average Bonchev–Trinajstić information content (AvgIpc) is 2.72. The molecule has 2 aromatic rings. The van der Waals surface area contributed by atoms with Crippen LogP contribution in [0.15, 0.2) is 36.4 Å². The Balaban J connectivity index is 1.71. The van der Waals surface area contributed by atoms with Crippen molar-refractivity contribution in [2.24, 2.45) is 0 Å². The number of unbranched alkanes of at least 4 members (excludes halogenated alkanes) is 1. The van der Waals surface area contributed by atoms with E-state index in [1.807, 2.05) is 24.3 Å². The summed E-state index contributed by atoms with van der Waals surface area (Å²) in [6.45, 7) is 5.22. The summed E-state index contributed by atoms with van der Waals surface area (Å²) in [4.78, 5) is 12.0. The first-order valence-electron chi connectivity index (χ1n) is 9.77. The van der Waals surface area contributed by atoms with Crippen molar-refractivity contribution in [3.8, 4) is 17.2 Å². The molecule has 0 unspecified atom stereocenters. The lowest BCUT2D eigenvalue weighted by molar-refractivity contribution is -0.121. The van der Waals surface area contributed by atoms with Crippen LogP contribution >= 0.6 is 0 Å². The van der Waals surface area contributed by atoms with Gasteiger partial charge in [0.15, 0.2) is 0 Å². The summed E-state index contributed by atoms with van der Waals surface area (Å²) in [5.41, 5.74) is 3.36. The molecule has 0 saturated heterocycles. The molecule has 0 heterocycles. The van der Waals surface area contributed by atoms with E-state index >= 15 is 0 Å². The fourth-order valence-electron chi connectivity index (χ4n) is 2.96. The van der Waals surface area contributed by atoms with Crippen molar-refractivity contribution < 1.29 is 19.0 Å². The second-order valence-corrected chi connectivity index (χ2v) is 6.73. The summed E-state index contributed by atoms with van der Waals surface area (Å²) in [7, 11) is 3.29. The van der Waals surface area contributed by atoms with E-state index in [4.69, 9.17) is 14.2 Å². The normalized spacial score (nSPS) is 10.4. The van der Waals surface area contributed by atoms with E-state index in [0.717, 1.165) is 47.6 Å². The highest BCUT2D eigenvalue weighted by molar-refractivity contribution is 5.75. The zero-order valence-electron chi connectivity index (χ0n) is 17.3. The number of benzene rings is 2. The highest BCUT2D eigenvalue weighted by Gasteiger charge is 2.11. The lowest BCUT2D eigenvalue weighted by Crippen LogP contribution is -2.22. The number of nitrogens with one attached hydrogen (secondary N) is 1. The van der Waals surface area contributed by atoms with Crippen LogP contribution in [0.1, 0.15) is 42.9 Å². The highest BCUT2D eigenvalue weighted by atomic mass is 16.5. The summed E-state index contributed by atoms with van der Waals surface area (Å²) < 4.78 is 16.7. The first-order valence-corrected chi connectivity index (χ1v) is 9.77. The second kappa shape index (κ2) is 11.2. The monoisotopic (exact) mass is 385 g/mol. The van der Waals surface area contributed by atoms with Gasteiger partial charge in [-0.15, -0.1) is 0 Å². The Morgan fingerprint density at radius 3 is 2.21 bits per heavy atom. The highest BCUT2D eigenvalue weighted by Crippen LogP contribution is 2.34. The number of rotatable bonds is 11. The number of ether oxygens (including phenoxy) is 3. The quantitative estimate of drug-likeness (QED) is 0.581. The van der Waals surface area contributed by atoms with Gasteiger partial charge in [-0.05, 0) is 31.7 Å². The molecule has 0 fully saturated rings. The molecule has 5 nitrogen and oxygen atoms in total. The molecule has 0 aliphatic rings. The van der Waals surface area contributed by atoms with Gasteiger partial charge in [-0.3, -0.25) is 4.79 Å². The van der Waals surface area contributed by atoms with Gasteiger partial charge < -0.3 is 19.5 Å². The molecule has 1 N–H and O–H groups in total. The molecule has 0 aliphatic heterocycles. The molecule has 0 spiro atoms. The van der Waals surface area contributed by atoms with E-state index in [-0.39, 0.29) is 5.91 Å². The summed E-state index contributed by atoms with van der Waals surface area (Å²) >= 11 is 0. The molecule has 1 amide bonds. The predicted molar refractivity (Wildman–Crippen MR) is 111 cm³/mol. The van der Waals surface area contributed by atoms with Crippen molar-refractivity contribution in [1.29, 1.82) is 0 Å². The molecule has 0 aliphatic carbocycles. The Morgan fingerprint density at radius 2 is 1.64 bits per heavy atom. The maximum Gasteiger partial charge on any atom is 0.220 e. The minimum atomic E-state index is 0.0659. The average molecular weight is 386 g/mol. The minimum Gasteiger partial charge on any atom is -0.496 e. The molecule has 0 saturated carbocycles. The molecular weight excluding hydrogens is 354 g/mol. The molecule has 0 radical (unpaired) electrons. The first kappa shape index (κ1) is 21.6. The molecule has 5 heteroatoms. The van der Waals surface area contributed by atoms with Crippen LogP contribution in [0, 0.1) is 6.92 Å². The van der Waals surface area contributed by atoms with Gasteiger partial charge in [0.1, 0.15) is 17.2 Å². The molecule has 2 rings (SSSR count). The number of aryl methyl sites for hydroxylation is 1. The van der Waals surface area contributed by atoms with E-state index in [1.54, 1.807) is 14.2 Å². The van der Waals surface area contributed by atoms with Crippen LogP contribution in [0.2, 0.25) is 0 Å². The largest absolute Gasteiger partial charge is 0.496 e. The van der Waals surface area contributed by atoms with Crippen LogP contribution in [0.5, 0.6) is 17.2 Å². The number of hydrogen-bond donors (Lipinski definition) is 1. The Kier molecular flexibility index (Phi) is 8.66. The van der Waals surface area contributed by atoms with Gasteiger partial charge in [0.25, 0.3) is 0 Å². The molecule has 2 aromatic carbocycles. The third-order valence-corrected chi connectivity index (χ3v) is 4.61. The molecule has 0 atom stereocenters. The maximum absolute atomic E-state index is 12.0. The van der Waals surface area contributed by atoms with Gasteiger partial charge in [0.05, 0.1) is 20.8 Å². The topological polar surface area (TPSA) is 56.8 Å². The Labute approximate surface area is 168 Å². The Bertz CT molecular complexity index is 731. The van der Waals surface area contributed by atoms with Crippen molar-refractivity contribution in [1.82, 2.24) is 5.32 Å². The third kappa shape index (κ3) is 6.48. The van der Waals surface area contributed by atoms with Gasteiger partial charge in [0.2, 0.25) is 5.91 Å². The van der Waals surface area contributed by atoms with Crippen molar-refractivity contribution in [2.45, 2.75) is 46.1 Å². The van der Waals surface area contributed by atoms with Crippen LogP contribution < -0.4 is 19.5 Å². The van der Waals surface area contributed by atoms with E-state index in [1.165, 1.54) is 5.56 Å². The third-order valence-electron chi connectivity index (χ3n) is 4.61. The van der Waals surface area contributed by atoms with Gasteiger partial charge in [-0.1, -0.05) is 36.8 Å². The standard InChI is InChI=1S/C23H31NO4/c1-5-20-21(26-3)14-19(15-22(20)27-4)28-13-7-6-8-23(25)24-16-18-11-9-17(2)10-12-18/h9-12,14-15H,5-8,13,16H2,1-4H3,(H,24,25). The summed E-state index contributed by atoms with van der Waals surface area (Å²) in [6, 6.07) is 11.9. The second-order valence-electron chi connectivity index (χ2n) is 6.73.